The number of carbonyl (C=O) groups is 1. The third-order valence-corrected chi connectivity index (χ3v) is 6.84. The van der Waals surface area contributed by atoms with Gasteiger partial charge in [0.25, 0.3) is 5.91 Å². The van der Waals surface area contributed by atoms with Gasteiger partial charge in [0.1, 0.15) is 5.82 Å². The van der Waals surface area contributed by atoms with Crippen LogP contribution in [-0.4, -0.2) is 64.9 Å². The van der Waals surface area contributed by atoms with E-state index in [9.17, 15) is 18.0 Å². The number of hydrogen-bond acceptors (Lipinski definition) is 4. The second-order valence-corrected chi connectivity index (χ2v) is 9.30. The minimum atomic E-state index is -4.50. The Balaban J connectivity index is 1.69. The van der Waals surface area contributed by atoms with Crippen LogP contribution in [0.25, 0.3) is 0 Å². The van der Waals surface area contributed by atoms with Crippen molar-refractivity contribution in [2.45, 2.75) is 24.7 Å². The number of likely N-dealkylation sites (N-methyl/N-ethyl adjacent to an activating group) is 1. The van der Waals surface area contributed by atoms with Gasteiger partial charge >= 0.3 is 6.18 Å². The lowest BCUT2D eigenvalue weighted by Gasteiger charge is -2.33. The maximum Gasteiger partial charge on any atom is 0.410 e. The summed E-state index contributed by atoms with van der Waals surface area (Å²) in [6.07, 6.45) is -4.71. The van der Waals surface area contributed by atoms with Gasteiger partial charge in [0.15, 0.2) is 11.7 Å². The molecule has 1 saturated heterocycles. The highest BCUT2D eigenvalue weighted by atomic mass is 79.9. The third-order valence-electron chi connectivity index (χ3n) is 5.56. The van der Waals surface area contributed by atoms with Gasteiger partial charge in [-0.15, -0.1) is 0 Å². The van der Waals surface area contributed by atoms with Crippen LogP contribution in [0.1, 0.15) is 34.6 Å². The summed E-state index contributed by atoms with van der Waals surface area (Å²) in [6.45, 7) is 2.46. The topological polar surface area (TPSA) is 53.4 Å². The first-order valence-corrected chi connectivity index (χ1v) is 11.1. The number of hydrogen-bond donors (Lipinski definition) is 1. The van der Waals surface area contributed by atoms with E-state index in [-0.39, 0.29) is 28.3 Å². The minimum absolute atomic E-state index is 0.00718. The van der Waals surface area contributed by atoms with E-state index in [0.717, 1.165) is 14.7 Å². The average molecular weight is 551 g/mol. The van der Waals surface area contributed by atoms with Crippen LogP contribution in [0.15, 0.2) is 33.2 Å². The van der Waals surface area contributed by atoms with Gasteiger partial charge in [-0.3, -0.25) is 4.79 Å². The molecule has 2 aliphatic heterocycles. The van der Waals surface area contributed by atoms with Crippen molar-refractivity contribution in [1.29, 1.82) is 0 Å². The fraction of sp³-hybridized carbons (Fsp3) is 0.474. The second-order valence-electron chi connectivity index (χ2n) is 7.59. The standard InChI is InChI=1S/C19H20Br2F3N5O/c1-27-6-8-28(9-7-27)18(30)16-15(21)17-25-13(11-2-4-12(20)5-3-11)10-14(19(22,23)24)29(17)26-16/h2-5,13-14,25H,6-10H2,1H3/t13-,14-/m1/s1. The van der Waals surface area contributed by atoms with E-state index in [0.29, 0.717) is 26.2 Å². The van der Waals surface area contributed by atoms with Crippen LogP contribution >= 0.6 is 31.9 Å². The highest BCUT2D eigenvalue weighted by molar-refractivity contribution is 9.11. The summed E-state index contributed by atoms with van der Waals surface area (Å²) in [5.74, 6) is -0.186. The molecule has 0 spiro atoms. The molecule has 1 aromatic carbocycles. The molecule has 6 nitrogen and oxygen atoms in total. The fourth-order valence-electron chi connectivity index (χ4n) is 3.80. The van der Waals surface area contributed by atoms with Crippen molar-refractivity contribution in [3.8, 4) is 0 Å². The van der Waals surface area contributed by atoms with E-state index in [2.05, 4.69) is 47.2 Å². The smallest absolute Gasteiger partial charge is 0.362 e. The first-order valence-electron chi connectivity index (χ1n) is 9.49. The lowest BCUT2D eigenvalue weighted by atomic mass is 9.97. The van der Waals surface area contributed by atoms with E-state index in [1.54, 1.807) is 29.2 Å². The van der Waals surface area contributed by atoms with Crippen molar-refractivity contribution in [2.24, 2.45) is 0 Å². The van der Waals surface area contributed by atoms with Gasteiger partial charge < -0.3 is 15.1 Å². The number of rotatable bonds is 2. The van der Waals surface area contributed by atoms with Crippen molar-refractivity contribution in [3.63, 3.8) is 0 Å². The molecule has 1 amide bonds. The van der Waals surface area contributed by atoms with Crippen LogP contribution in [0.5, 0.6) is 0 Å². The Kier molecular flexibility index (Phi) is 5.88. The van der Waals surface area contributed by atoms with E-state index in [1.165, 1.54) is 0 Å². The zero-order valence-electron chi connectivity index (χ0n) is 16.1. The molecule has 1 fully saturated rings. The molecule has 11 heteroatoms. The number of piperazine rings is 1. The number of fused-ring (bicyclic) bond motifs is 1. The molecule has 0 radical (unpaired) electrons. The summed E-state index contributed by atoms with van der Waals surface area (Å²) in [5, 5.41) is 7.26. The molecule has 3 heterocycles. The monoisotopic (exact) mass is 549 g/mol. The zero-order chi connectivity index (χ0) is 21.6. The SMILES string of the molecule is CN1CCN(C(=O)c2nn3c(c2Br)N[C@@H](c2ccc(Br)cc2)C[C@@H]3C(F)(F)F)CC1. The van der Waals surface area contributed by atoms with E-state index in [4.69, 9.17) is 0 Å². The Hall–Kier alpha value is -1.59. The van der Waals surface area contributed by atoms with Gasteiger partial charge in [-0.25, -0.2) is 4.68 Å². The summed E-state index contributed by atoms with van der Waals surface area (Å²) in [4.78, 5) is 16.7. The molecule has 4 rings (SSSR count). The fourth-order valence-corrected chi connectivity index (χ4v) is 4.61. The Morgan fingerprint density at radius 2 is 1.77 bits per heavy atom. The molecular weight excluding hydrogens is 531 g/mol. The van der Waals surface area contributed by atoms with Gasteiger partial charge in [-0.05, 0) is 40.7 Å². The summed E-state index contributed by atoms with van der Waals surface area (Å²) in [7, 11) is 1.97. The molecule has 0 saturated carbocycles. The van der Waals surface area contributed by atoms with Crippen LogP contribution in [0, 0.1) is 0 Å². The van der Waals surface area contributed by atoms with E-state index in [1.807, 2.05) is 7.05 Å². The summed E-state index contributed by atoms with van der Waals surface area (Å²) in [6, 6.07) is 4.77. The van der Waals surface area contributed by atoms with Crippen molar-refractivity contribution in [1.82, 2.24) is 19.6 Å². The Bertz CT molecular complexity index is 939. The number of anilines is 1. The summed E-state index contributed by atoms with van der Waals surface area (Å²) < 4.78 is 43.7. The highest BCUT2D eigenvalue weighted by Gasteiger charge is 2.48. The number of carbonyl (C=O) groups excluding carboxylic acids is 1. The molecular formula is C19H20Br2F3N5O. The molecule has 2 aromatic rings. The van der Waals surface area contributed by atoms with Crippen LogP contribution in [0.2, 0.25) is 0 Å². The summed E-state index contributed by atoms with van der Waals surface area (Å²) >= 11 is 6.69. The largest absolute Gasteiger partial charge is 0.410 e. The lowest BCUT2D eigenvalue weighted by Crippen LogP contribution is -2.47. The van der Waals surface area contributed by atoms with Crippen molar-refractivity contribution in [2.75, 3.05) is 38.5 Å². The van der Waals surface area contributed by atoms with Crippen molar-refractivity contribution >= 4 is 43.6 Å². The van der Waals surface area contributed by atoms with E-state index < -0.39 is 18.3 Å². The van der Waals surface area contributed by atoms with Gasteiger partial charge in [0, 0.05) is 37.1 Å². The highest BCUT2D eigenvalue weighted by Crippen LogP contribution is 2.46. The molecule has 162 valence electrons. The average Bonchev–Trinajstić information content (AvgIpc) is 3.04. The first kappa shape index (κ1) is 21.6. The lowest BCUT2D eigenvalue weighted by molar-refractivity contribution is -0.173. The van der Waals surface area contributed by atoms with Crippen LogP contribution in [0.3, 0.4) is 0 Å². The zero-order valence-corrected chi connectivity index (χ0v) is 19.3. The second kappa shape index (κ2) is 8.16. The Labute approximate surface area is 188 Å². The molecule has 30 heavy (non-hydrogen) atoms. The van der Waals surface area contributed by atoms with E-state index >= 15 is 0 Å². The number of amides is 1. The predicted octanol–water partition coefficient (Wildman–Crippen LogP) is 4.46. The van der Waals surface area contributed by atoms with Gasteiger partial charge in [0.2, 0.25) is 0 Å². The quantitative estimate of drug-likeness (QED) is 0.600. The first-order chi connectivity index (χ1) is 14.1. The maximum atomic E-state index is 13.9. The molecule has 0 bridgehead atoms. The van der Waals surface area contributed by atoms with Gasteiger partial charge in [-0.2, -0.15) is 18.3 Å². The number of halogens is 5. The number of alkyl halides is 3. The predicted molar refractivity (Wildman–Crippen MR) is 114 cm³/mol. The molecule has 2 atom stereocenters. The number of aromatic nitrogens is 2. The molecule has 0 unspecified atom stereocenters. The third kappa shape index (κ3) is 4.11. The number of nitrogens with zero attached hydrogens (tertiary/aromatic N) is 4. The van der Waals surface area contributed by atoms with Crippen LogP contribution < -0.4 is 5.32 Å². The molecule has 2 aliphatic rings. The number of nitrogens with one attached hydrogen (secondary N) is 1. The summed E-state index contributed by atoms with van der Waals surface area (Å²) in [5.41, 5.74) is 0.742. The molecule has 1 N–H and O–H groups in total. The van der Waals surface area contributed by atoms with Crippen molar-refractivity contribution < 1.29 is 18.0 Å². The Morgan fingerprint density at radius 3 is 2.37 bits per heavy atom. The van der Waals surface area contributed by atoms with Crippen LogP contribution in [-0.2, 0) is 0 Å². The van der Waals surface area contributed by atoms with Crippen LogP contribution in [0.4, 0.5) is 19.0 Å². The van der Waals surface area contributed by atoms with Crippen molar-refractivity contribution in [3.05, 3.63) is 44.5 Å². The normalized spacial score (nSPS) is 22.5. The number of benzene rings is 1. The molecule has 1 aromatic heterocycles. The molecule has 0 aliphatic carbocycles. The minimum Gasteiger partial charge on any atom is -0.362 e. The maximum absolute atomic E-state index is 13.9. The van der Waals surface area contributed by atoms with Gasteiger partial charge in [-0.1, -0.05) is 28.1 Å². The van der Waals surface area contributed by atoms with Gasteiger partial charge in [0.05, 0.1) is 10.5 Å². The Morgan fingerprint density at radius 1 is 1.13 bits per heavy atom.